The Labute approximate surface area is 132 Å². The van der Waals surface area contributed by atoms with E-state index in [0.29, 0.717) is 17.9 Å². The fraction of sp³-hybridized carbons (Fsp3) is 0.188. The first-order valence-electron chi connectivity index (χ1n) is 7.01. The number of aryl methyl sites for hydroxylation is 1. The lowest BCUT2D eigenvalue weighted by Gasteiger charge is -2.08. The molecule has 0 aliphatic rings. The second-order valence-corrected chi connectivity index (χ2v) is 4.73. The topological polar surface area (TPSA) is 89.4 Å². The normalized spacial score (nSPS) is 10.0. The lowest BCUT2D eigenvalue weighted by molar-refractivity contribution is 0.0846. The number of carbonyl (C=O) groups is 2. The van der Waals surface area contributed by atoms with Gasteiger partial charge in [0.05, 0.1) is 6.61 Å². The van der Waals surface area contributed by atoms with Crippen LogP contribution in [-0.2, 0) is 7.05 Å². The molecule has 0 saturated heterocycles. The molecule has 2 amide bonds. The molecular weight excluding hydrogens is 298 g/mol. The van der Waals surface area contributed by atoms with Crippen molar-refractivity contribution in [3.8, 4) is 5.75 Å². The number of hydrazine groups is 1. The monoisotopic (exact) mass is 315 g/mol. The first-order valence-corrected chi connectivity index (χ1v) is 7.01. The number of nitrogens with zero attached hydrogens (tertiary/aromatic N) is 1. The molecule has 0 aliphatic heterocycles. The smallest absolute Gasteiger partial charge is 0.269 e. The van der Waals surface area contributed by atoms with Crippen LogP contribution in [0, 0.1) is 0 Å². The Morgan fingerprint density at radius 2 is 1.65 bits per heavy atom. The molecule has 2 N–H and O–H groups in total. The van der Waals surface area contributed by atoms with Gasteiger partial charge < -0.3 is 9.30 Å². The third-order valence-corrected chi connectivity index (χ3v) is 3.08. The Morgan fingerprint density at radius 3 is 2.22 bits per heavy atom. The Morgan fingerprint density at radius 1 is 1.04 bits per heavy atom. The number of hydrogen-bond acceptors (Lipinski definition) is 4. The molecule has 1 aromatic heterocycles. The van der Waals surface area contributed by atoms with E-state index in [1.165, 1.54) is 22.9 Å². The third-order valence-electron chi connectivity index (χ3n) is 3.08. The molecule has 0 radical (unpaired) electrons. The summed E-state index contributed by atoms with van der Waals surface area (Å²) in [6.45, 7) is 2.41. The zero-order valence-electron chi connectivity index (χ0n) is 12.8. The van der Waals surface area contributed by atoms with Crippen LogP contribution in [0.25, 0.3) is 0 Å². The van der Waals surface area contributed by atoms with Gasteiger partial charge in [0.25, 0.3) is 17.4 Å². The lowest BCUT2D eigenvalue weighted by Crippen LogP contribution is -2.42. The average Bonchev–Trinajstić information content (AvgIpc) is 2.56. The quantitative estimate of drug-likeness (QED) is 0.819. The second-order valence-electron chi connectivity index (χ2n) is 4.73. The van der Waals surface area contributed by atoms with E-state index in [4.69, 9.17) is 4.74 Å². The summed E-state index contributed by atoms with van der Waals surface area (Å²) in [6, 6.07) is 9.19. The minimum absolute atomic E-state index is 0.167. The molecular formula is C16H17N3O4. The zero-order valence-corrected chi connectivity index (χ0v) is 12.8. The highest BCUT2D eigenvalue weighted by molar-refractivity contribution is 5.99. The predicted molar refractivity (Wildman–Crippen MR) is 84.2 cm³/mol. The van der Waals surface area contributed by atoms with E-state index in [1.54, 1.807) is 31.3 Å². The fourth-order valence-corrected chi connectivity index (χ4v) is 1.82. The highest BCUT2D eigenvalue weighted by Crippen LogP contribution is 2.11. The van der Waals surface area contributed by atoms with E-state index in [-0.39, 0.29) is 11.1 Å². The van der Waals surface area contributed by atoms with Crippen molar-refractivity contribution >= 4 is 11.8 Å². The van der Waals surface area contributed by atoms with Crippen LogP contribution in [-0.4, -0.2) is 23.0 Å². The SMILES string of the molecule is CCOc1ccc(C(=O)NNC(=O)c2ccn(C)c(=O)c2)cc1. The maximum absolute atomic E-state index is 11.9. The minimum atomic E-state index is -0.568. The summed E-state index contributed by atoms with van der Waals surface area (Å²) in [5, 5.41) is 0. The highest BCUT2D eigenvalue weighted by Gasteiger charge is 2.10. The van der Waals surface area contributed by atoms with Gasteiger partial charge in [0.2, 0.25) is 0 Å². The Kier molecular flexibility index (Phi) is 5.14. The van der Waals surface area contributed by atoms with Crippen molar-refractivity contribution in [1.82, 2.24) is 15.4 Å². The molecule has 7 heteroatoms. The fourth-order valence-electron chi connectivity index (χ4n) is 1.82. The summed E-state index contributed by atoms with van der Waals surface area (Å²) < 4.78 is 6.63. The summed E-state index contributed by atoms with van der Waals surface area (Å²) in [5.74, 6) is -0.375. The van der Waals surface area contributed by atoms with Crippen LogP contribution in [0.5, 0.6) is 5.75 Å². The number of carbonyl (C=O) groups excluding carboxylic acids is 2. The average molecular weight is 315 g/mol. The van der Waals surface area contributed by atoms with Crippen LogP contribution in [0.2, 0.25) is 0 Å². The molecule has 2 rings (SSSR count). The number of pyridine rings is 1. The highest BCUT2D eigenvalue weighted by atomic mass is 16.5. The minimum Gasteiger partial charge on any atom is -0.494 e. The van der Waals surface area contributed by atoms with Crippen LogP contribution in [0.1, 0.15) is 27.6 Å². The summed E-state index contributed by atoms with van der Waals surface area (Å²) >= 11 is 0. The Hall–Kier alpha value is -3.09. The number of ether oxygens (including phenoxy) is 1. The van der Waals surface area contributed by atoms with Gasteiger partial charge in [0.1, 0.15) is 5.75 Å². The Balaban J connectivity index is 1.96. The van der Waals surface area contributed by atoms with Gasteiger partial charge in [-0.1, -0.05) is 0 Å². The first kappa shape index (κ1) is 16.3. The molecule has 2 aromatic rings. The molecule has 1 heterocycles. The molecule has 23 heavy (non-hydrogen) atoms. The molecule has 7 nitrogen and oxygen atoms in total. The summed E-state index contributed by atoms with van der Waals surface area (Å²) in [4.78, 5) is 35.3. The van der Waals surface area contributed by atoms with Gasteiger partial charge in [-0.15, -0.1) is 0 Å². The van der Waals surface area contributed by atoms with Gasteiger partial charge in [-0.25, -0.2) is 0 Å². The van der Waals surface area contributed by atoms with Gasteiger partial charge in [0, 0.05) is 30.4 Å². The molecule has 1 aromatic carbocycles. The van der Waals surface area contributed by atoms with Gasteiger partial charge in [-0.2, -0.15) is 0 Å². The van der Waals surface area contributed by atoms with Crippen LogP contribution >= 0.6 is 0 Å². The predicted octanol–water partition coefficient (Wildman–Crippen LogP) is 0.859. The van der Waals surface area contributed by atoms with Crippen LogP contribution in [0.4, 0.5) is 0 Å². The van der Waals surface area contributed by atoms with Crippen molar-refractivity contribution in [3.05, 3.63) is 64.1 Å². The lowest BCUT2D eigenvalue weighted by atomic mass is 10.2. The molecule has 120 valence electrons. The van der Waals surface area contributed by atoms with Crippen LogP contribution in [0.3, 0.4) is 0 Å². The number of amides is 2. The maximum Gasteiger partial charge on any atom is 0.269 e. The standard InChI is InChI=1S/C16H17N3O4/c1-3-23-13-6-4-11(5-7-13)15(21)17-18-16(22)12-8-9-19(2)14(20)10-12/h4-10H,3H2,1-2H3,(H,17,21)(H,18,22). The van der Waals surface area contributed by atoms with Crippen molar-refractivity contribution in [2.75, 3.05) is 6.61 Å². The number of hydrogen-bond donors (Lipinski definition) is 2. The second kappa shape index (κ2) is 7.26. The molecule has 0 spiro atoms. The van der Waals surface area contributed by atoms with Gasteiger partial charge in [-0.05, 0) is 37.3 Å². The van der Waals surface area contributed by atoms with Crippen molar-refractivity contribution in [1.29, 1.82) is 0 Å². The largest absolute Gasteiger partial charge is 0.494 e. The van der Waals surface area contributed by atoms with Crippen molar-refractivity contribution < 1.29 is 14.3 Å². The molecule has 0 fully saturated rings. The first-order chi connectivity index (χ1) is 11.0. The maximum atomic E-state index is 11.9. The van der Waals surface area contributed by atoms with Gasteiger partial charge >= 0.3 is 0 Å². The van der Waals surface area contributed by atoms with E-state index in [0.717, 1.165) is 0 Å². The summed E-state index contributed by atoms with van der Waals surface area (Å²) in [5.41, 5.74) is 4.79. The third kappa shape index (κ3) is 4.19. The number of benzene rings is 1. The van der Waals surface area contributed by atoms with E-state index >= 15 is 0 Å². The van der Waals surface area contributed by atoms with E-state index in [9.17, 15) is 14.4 Å². The van der Waals surface area contributed by atoms with Gasteiger partial charge in [0.15, 0.2) is 0 Å². The summed E-state index contributed by atoms with van der Waals surface area (Å²) in [6.07, 6.45) is 1.48. The van der Waals surface area contributed by atoms with Crippen molar-refractivity contribution in [3.63, 3.8) is 0 Å². The number of rotatable bonds is 4. The molecule has 0 aliphatic carbocycles. The van der Waals surface area contributed by atoms with E-state index < -0.39 is 11.8 Å². The van der Waals surface area contributed by atoms with Gasteiger partial charge in [-0.3, -0.25) is 25.2 Å². The van der Waals surface area contributed by atoms with Crippen molar-refractivity contribution in [2.45, 2.75) is 6.92 Å². The summed E-state index contributed by atoms with van der Waals surface area (Å²) in [7, 11) is 1.58. The van der Waals surface area contributed by atoms with Crippen LogP contribution in [0.15, 0.2) is 47.4 Å². The van der Waals surface area contributed by atoms with E-state index in [2.05, 4.69) is 10.9 Å². The molecule has 0 unspecified atom stereocenters. The molecule has 0 saturated carbocycles. The zero-order chi connectivity index (χ0) is 16.8. The Bertz CT molecular complexity index is 766. The molecule has 0 atom stereocenters. The van der Waals surface area contributed by atoms with E-state index in [1.807, 2.05) is 6.92 Å². The van der Waals surface area contributed by atoms with Crippen molar-refractivity contribution in [2.24, 2.45) is 7.05 Å². The molecule has 0 bridgehead atoms. The number of nitrogens with one attached hydrogen (secondary N) is 2. The number of aromatic nitrogens is 1. The van der Waals surface area contributed by atoms with Crippen LogP contribution < -0.4 is 21.1 Å².